The van der Waals surface area contributed by atoms with E-state index in [1.807, 2.05) is 0 Å². The second kappa shape index (κ2) is 4.06. The average Bonchev–Trinajstić information content (AvgIpc) is 2.14. The lowest BCUT2D eigenvalue weighted by Crippen LogP contribution is -2.17. The number of pyridine rings is 1. The van der Waals surface area contributed by atoms with Crippen molar-refractivity contribution in [3.8, 4) is 11.8 Å². The zero-order valence-corrected chi connectivity index (χ0v) is 7.45. The van der Waals surface area contributed by atoms with E-state index in [1.165, 1.54) is 6.07 Å². The third kappa shape index (κ3) is 2.84. The number of aromatic carboxylic acids is 1. The molecule has 5 nitrogen and oxygen atoms in total. The van der Waals surface area contributed by atoms with Gasteiger partial charge in [-0.2, -0.15) is 5.26 Å². The van der Waals surface area contributed by atoms with Crippen molar-refractivity contribution in [1.29, 1.82) is 5.26 Å². The molecule has 0 spiro atoms. The largest absolute Gasteiger partial charge is 0.573 e. The normalized spacial score (nSPS) is 10.6. The summed E-state index contributed by atoms with van der Waals surface area (Å²) in [4.78, 5) is 13.7. The van der Waals surface area contributed by atoms with E-state index in [1.54, 1.807) is 0 Å². The molecule has 0 saturated heterocycles. The lowest BCUT2D eigenvalue weighted by molar-refractivity contribution is -0.274. The lowest BCUT2D eigenvalue weighted by atomic mass is 10.2. The summed E-state index contributed by atoms with van der Waals surface area (Å²) in [7, 11) is 0. The van der Waals surface area contributed by atoms with Crippen LogP contribution in [0, 0.1) is 11.3 Å². The van der Waals surface area contributed by atoms with Gasteiger partial charge in [-0.15, -0.1) is 13.2 Å². The fourth-order valence-electron chi connectivity index (χ4n) is 0.891. The third-order valence-corrected chi connectivity index (χ3v) is 1.42. The van der Waals surface area contributed by atoms with E-state index in [4.69, 9.17) is 10.4 Å². The third-order valence-electron chi connectivity index (χ3n) is 1.42. The highest BCUT2D eigenvalue weighted by molar-refractivity contribution is 5.88. The number of aromatic nitrogens is 1. The first kappa shape index (κ1) is 11.8. The predicted octanol–water partition coefficient (Wildman–Crippen LogP) is 1.55. The smallest absolute Gasteiger partial charge is 0.476 e. The molecular weight excluding hydrogens is 229 g/mol. The number of nitriles is 1. The van der Waals surface area contributed by atoms with Crippen LogP contribution in [0.1, 0.15) is 16.1 Å². The summed E-state index contributed by atoms with van der Waals surface area (Å²) in [6.07, 6.45) is -4.34. The number of hydrogen-bond donors (Lipinski definition) is 1. The minimum Gasteiger partial charge on any atom is -0.476 e. The average molecular weight is 232 g/mol. The van der Waals surface area contributed by atoms with Crippen LogP contribution < -0.4 is 4.74 Å². The first-order chi connectivity index (χ1) is 7.33. The molecule has 0 saturated carbocycles. The maximum absolute atomic E-state index is 11.8. The molecule has 1 aromatic rings. The highest BCUT2D eigenvalue weighted by Gasteiger charge is 2.31. The number of hydrogen-bond acceptors (Lipinski definition) is 4. The second-order valence-corrected chi connectivity index (χ2v) is 2.53. The molecule has 1 N–H and O–H groups in total. The minimum absolute atomic E-state index is 0.505. The molecule has 0 radical (unpaired) electrons. The molecule has 0 aliphatic rings. The molecule has 0 unspecified atom stereocenters. The first-order valence-electron chi connectivity index (χ1n) is 3.72. The van der Waals surface area contributed by atoms with E-state index in [9.17, 15) is 18.0 Å². The Morgan fingerprint density at radius 2 is 2.19 bits per heavy atom. The van der Waals surface area contributed by atoms with Crippen LogP contribution in [-0.2, 0) is 0 Å². The SMILES string of the molecule is N#Cc1cc(OC(F)(F)F)cnc1C(=O)O. The number of halogens is 3. The fourth-order valence-corrected chi connectivity index (χ4v) is 0.891. The number of rotatable bonds is 2. The number of ether oxygens (including phenoxy) is 1. The molecule has 1 heterocycles. The van der Waals surface area contributed by atoms with Crippen molar-refractivity contribution in [2.24, 2.45) is 0 Å². The Hall–Kier alpha value is -2.30. The second-order valence-electron chi connectivity index (χ2n) is 2.53. The van der Waals surface area contributed by atoms with Crippen LogP contribution in [0.2, 0.25) is 0 Å². The Morgan fingerprint density at radius 3 is 2.62 bits per heavy atom. The number of carboxylic acids is 1. The van der Waals surface area contributed by atoms with Gasteiger partial charge < -0.3 is 9.84 Å². The lowest BCUT2D eigenvalue weighted by Gasteiger charge is -2.08. The van der Waals surface area contributed by atoms with Gasteiger partial charge in [0.05, 0.1) is 11.8 Å². The molecule has 0 bridgehead atoms. The van der Waals surface area contributed by atoms with E-state index < -0.39 is 29.3 Å². The number of carboxylic acid groups (broad SMARTS) is 1. The topological polar surface area (TPSA) is 83.2 Å². The van der Waals surface area contributed by atoms with Gasteiger partial charge in [-0.1, -0.05) is 0 Å². The van der Waals surface area contributed by atoms with E-state index in [2.05, 4.69) is 9.72 Å². The molecule has 8 heteroatoms. The molecule has 0 atom stereocenters. The van der Waals surface area contributed by atoms with Gasteiger partial charge >= 0.3 is 12.3 Å². The van der Waals surface area contributed by atoms with Crippen LogP contribution in [0.4, 0.5) is 13.2 Å². The van der Waals surface area contributed by atoms with Gasteiger partial charge in [-0.25, -0.2) is 9.78 Å². The number of alkyl halides is 3. The van der Waals surface area contributed by atoms with Crippen LogP contribution in [-0.4, -0.2) is 22.4 Å². The van der Waals surface area contributed by atoms with Crippen molar-refractivity contribution < 1.29 is 27.8 Å². The maximum atomic E-state index is 11.8. The van der Waals surface area contributed by atoms with Gasteiger partial charge in [0.2, 0.25) is 0 Å². The quantitative estimate of drug-likeness (QED) is 0.836. The highest BCUT2D eigenvalue weighted by atomic mass is 19.4. The molecular formula is C8H3F3N2O3. The molecule has 1 aromatic heterocycles. The van der Waals surface area contributed by atoms with Gasteiger partial charge in [0, 0.05) is 6.07 Å². The van der Waals surface area contributed by atoms with Crippen molar-refractivity contribution >= 4 is 5.97 Å². The van der Waals surface area contributed by atoms with Crippen LogP contribution in [0.25, 0.3) is 0 Å². The summed E-state index contributed by atoms with van der Waals surface area (Å²) in [5.74, 6) is -2.25. The van der Waals surface area contributed by atoms with Crippen molar-refractivity contribution in [3.63, 3.8) is 0 Å². The summed E-state index contributed by atoms with van der Waals surface area (Å²) in [6, 6.07) is 2.07. The summed E-state index contributed by atoms with van der Waals surface area (Å²) >= 11 is 0. The van der Waals surface area contributed by atoms with E-state index in [0.29, 0.717) is 12.3 Å². The van der Waals surface area contributed by atoms with Crippen molar-refractivity contribution in [3.05, 3.63) is 23.5 Å². The summed E-state index contributed by atoms with van der Waals surface area (Å²) in [6.45, 7) is 0. The van der Waals surface area contributed by atoms with Crippen LogP contribution in [0.15, 0.2) is 12.3 Å². The van der Waals surface area contributed by atoms with Crippen molar-refractivity contribution in [1.82, 2.24) is 4.98 Å². The first-order valence-corrected chi connectivity index (χ1v) is 3.72. The van der Waals surface area contributed by atoms with E-state index in [-0.39, 0.29) is 0 Å². The monoisotopic (exact) mass is 232 g/mol. The van der Waals surface area contributed by atoms with Crippen molar-refractivity contribution in [2.75, 3.05) is 0 Å². The zero-order valence-electron chi connectivity index (χ0n) is 7.45. The summed E-state index contributed by atoms with van der Waals surface area (Å²) < 4.78 is 38.8. The molecule has 1 rings (SSSR count). The van der Waals surface area contributed by atoms with E-state index >= 15 is 0 Å². The molecule has 16 heavy (non-hydrogen) atoms. The Labute approximate surface area is 86.7 Å². The Kier molecular flexibility index (Phi) is 2.99. The Balaban J connectivity index is 3.11. The number of nitrogens with zero attached hydrogens (tertiary/aromatic N) is 2. The maximum Gasteiger partial charge on any atom is 0.573 e. The standard InChI is InChI=1S/C8H3F3N2O3/c9-8(10,11)16-5-1-4(2-12)6(7(14)15)13-3-5/h1,3H,(H,14,15). The van der Waals surface area contributed by atoms with Gasteiger partial charge in [0.15, 0.2) is 5.69 Å². The summed E-state index contributed by atoms with van der Waals surface area (Å²) in [5, 5.41) is 17.0. The predicted molar refractivity (Wildman–Crippen MR) is 42.6 cm³/mol. The molecule has 84 valence electrons. The van der Waals surface area contributed by atoms with Gasteiger partial charge in [0.1, 0.15) is 11.8 Å². The fraction of sp³-hybridized carbons (Fsp3) is 0.125. The summed E-state index contributed by atoms with van der Waals surface area (Å²) in [5.41, 5.74) is -1.13. The molecule has 0 aromatic carbocycles. The van der Waals surface area contributed by atoms with Crippen LogP contribution in [0.5, 0.6) is 5.75 Å². The minimum atomic E-state index is -4.92. The molecule has 0 aliphatic carbocycles. The van der Waals surface area contributed by atoms with Gasteiger partial charge in [0.25, 0.3) is 0 Å². The number of carbonyl (C=O) groups is 1. The van der Waals surface area contributed by atoms with Gasteiger partial charge in [-0.3, -0.25) is 0 Å². The molecule has 0 amide bonds. The van der Waals surface area contributed by atoms with Crippen LogP contribution in [0.3, 0.4) is 0 Å². The van der Waals surface area contributed by atoms with Crippen molar-refractivity contribution in [2.45, 2.75) is 6.36 Å². The highest BCUT2D eigenvalue weighted by Crippen LogP contribution is 2.23. The Morgan fingerprint density at radius 1 is 1.56 bits per heavy atom. The van der Waals surface area contributed by atoms with Crippen LogP contribution >= 0.6 is 0 Å². The Bertz CT molecular complexity index is 465. The van der Waals surface area contributed by atoms with E-state index in [0.717, 1.165) is 0 Å². The molecule has 0 fully saturated rings. The zero-order chi connectivity index (χ0) is 12.3. The van der Waals surface area contributed by atoms with Gasteiger partial charge in [-0.05, 0) is 0 Å². The molecule has 0 aliphatic heterocycles.